The number of ether oxygens (including phenoxy) is 2. The molecule has 0 amide bonds. The Bertz CT molecular complexity index is 1100. The molecule has 1 fully saturated rings. The van der Waals surface area contributed by atoms with Crippen molar-refractivity contribution in [2.45, 2.75) is 50.9 Å². The van der Waals surface area contributed by atoms with E-state index in [4.69, 9.17) is 9.47 Å². The van der Waals surface area contributed by atoms with Gasteiger partial charge in [-0.2, -0.15) is 4.52 Å². The zero-order valence-electron chi connectivity index (χ0n) is 16.4. The molecule has 3 heterocycles. The minimum atomic E-state index is -0.126. The third-order valence-corrected chi connectivity index (χ3v) is 6.90. The Morgan fingerprint density at radius 1 is 1.17 bits per heavy atom. The SMILES string of the molecule is CCc1cc(=O)n2nc(NCC3(c4ccc5c(c4)OCO5)CCCCC3)sc2n1. The van der Waals surface area contributed by atoms with Crippen molar-refractivity contribution in [3.05, 3.63) is 45.9 Å². The lowest BCUT2D eigenvalue weighted by Gasteiger charge is -2.38. The van der Waals surface area contributed by atoms with Gasteiger partial charge in [-0.05, 0) is 37.0 Å². The van der Waals surface area contributed by atoms with Gasteiger partial charge in [-0.1, -0.05) is 43.6 Å². The number of anilines is 1. The van der Waals surface area contributed by atoms with Crippen molar-refractivity contribution in [2.24, 2.45) is 0 Å². The van der Waals surface area contributed by atoms with Gasteiger partial charge in [-0.25, -0.2) is 4.98 Å². The highest BCUT2D eigenvalue weighted by molar-refractivity contribution is 7.20. The number of fused-ring (bicyclic) bond motifs is 2. The molecule has 1 aliphatic heterocycles. The summed E-state index contributed by atoms with van der Waals surface area (Å²) in [6, 6.07) is 7.87. The summed E-state index contributed by atoms with van der Waals surface area (Å²) in [4.78, 5) is 17.5. The van der Waals surface area contributed by atoms with Crippen LogP contribution in [0.5, 0.6) is 11.5 Å². The summed E-state index contributed by atoms with van der Waals surface area (Å²) in [6.45, 7) is 3.05. The zero-order valence-corrected chi connectivity index (χ0v) is 17.3. The van der Waals surface area contributed by atoms with Gasteiger partial charge in [0.1, 0.15) is 0 Å². The number of nitrogens with zero attached hydrogens (tertiary/aromatic N) is 3. The number of benzene rings is 1. The van der Waals surface area contributed by atoms with Crippen LogP contribution in [0.25, 0.3) is 4.96 Å². The van der Waals surface area contributed by atoms with Crippen molar-refractivity contribution in [3.8, 4) is 11.5 Å². The van der Waals surface area contributed by atoms with Crippen LogP contribution < -0.4 is 20.3 Å². The number of nitrogens with one attached hydrogen (secondary N) is 1. The highest BCUT2D eigenvalue weighted by atomic mass is 32.1. The predicted octanol–water partition coefficient (Wildman–Crippen LogP) is 3.76. The van der Waals surface area contributed by atoms with Crippen molar-refractivity contribution < 1.29 is 9.47 Å². The molecule has 0 saturated heterocycles. The maximum Gasteiger partial charge on any atom is 0.275 e. The van der Waals surface area contributed by atoms with Crippen LogP contribution in [0, 0.1) is 0 Å². The summed E-state index contributed by atoms with van der Waals surface area (Å²) in [7, 11) is 0. The molecular weight excluding hydrogens is 388 g/mol. The van der Waals surface area contributed by atoms with E-state index in [1.807, 2.05) is 13.0 Å². The van der Waals surface area contributed by atoms with E-state index in [1.54, 1.807) is 6.07 Å². The summed E-state index contributed by atoms with van der Waals surface area (Å²) >= 11 is 1.43. The molecule has 3 aromatic rings. The Labute approximate surface area is 172 Å². The van der Waals surface area contributed by atoms with Crippen LogP contribution in [0.2, 0.25) is 0 Å². The number of hydrogen-bond donors (Lipinski definition) is 1. The van der Waals surface area contributed by atoms with E-state index in [1.165, 1.54) is 40.7 Å². The quantitative estimate of drug-likeness (QED) is 0.688. The number of aryl methyl sites for hydroxylation is 1. The van der Waals surface area contributed by atoms with Gasteiger partial charge in [0.05, 0.1) is 0 Å². The Morgan fingerprint density at radius 3 is 2.83 bits per heavy atom. The zero-order chi connectivity index (χ0) is 19.8. The van der Waals surface area contributed by atoms with Gasteiger partial charge in [-0.3, -0.25) is 4.79 Å². The molecule has 1 aliphatic carbocycles. The van der Waals surface area contributed by atoms with Crippen LogP contribution in [-0.2, 0) is 11.8 Å². The highest BCUT2D eigenvalue weighted by Crippen LogP contribution is 2.43. The Morgan fingerprint density at radius 2 is 2.00 bits per heavy atom. The molecule has 8 heteroatoms. The summed E-state index contributed by atoms with van der Waals surface area (Å²) in [5.74, 6) is 1.64. The van der Waals surface area contributed by atoms with Crippen LogP contribution in [0.4, 0.5) is 5.13 Å². The molecule has 0 radical (unpaired) electrons. The van der Waals surface area contributed by atoms with Crippen LogP contribution in [-0.4, -0.2) is 27.9 Å². The first kappa shape index (κ1) is 18.4. The molecule has 5 rings (SSSR count). The second kappa shape index (κ2) is 7.33. The molecule has 0 unspecified atom stereocenters. The van der Waals surface area contributed by atoms with Gasteiger partial charge in [0.2, 0.25) is 16.9 Å². The fourth-order valence-corrected chi connectivity index (χ4v) is 5.20. The van der Waals surface area contributed by atoms with Crippen molar-refractivity contribution >= 4 is 21.4 Å². The maximum atomic E-state index is 12.3. The topological polar surface area (TPSA) is 77.8 Å². The highest BCUT2D eigenvalue weighted by Gasteiger charge is 2.35. The third kappa shape index (κ3) is 3.35. The third-order valence-electron chi connectivity index (χ3n) is 6.03. The summed E-state index contributed by atoms with van der Waals surface area (Å²) < 4.78 is 12.5. The molecule has 29 heavy (non-hydrogen) atoms. The Balaban J connectivity index is 1.44. The molecule has 0 atom stereocenters. The molecular formula is C21H24N4O3S. The molecule has 1 aromatic carbocycles. The first-order valence-corrected chi connectivity index (χ1v) is 11.0. The van der Waals surface area contributed by atoms with Gasteiger partial charge in [0, 0.05) is 23.7 Å². The monoisotopic (exact) mass is 412 g/mol. The van der Waals surface area contributed by atoms with Gasteiger partial charge < -0.3 is 14.8 Å². The fraction of sp³-hybridized carbons (Fsp3) is 0.476. The number of aromatic nitrogens is 3. The molecule has 1 N–H and O–H groups in total. The van der Waals surface area contributed by atoms with E-state index < -0.39 is 0 Å². The largest absolute Gasteiger partial charge is 0.454 e. The minimum Gasteiger partial charge on any atom is -0.454 e. The second-order valence-corrected chi connectivity index (χ2v) is 8.76. The van der Waals surface area contributed by atoms with Gasteiger partial charge in [-0.15, -0.1) is 5.10 Å². The summed E-state index contributed by atoms with van der Waals surface area (Å²) in [5.41, 5.74) is 1.97. The molecule has 2 aliphatic rings. The van der Waals surface area contributed by atoms with E-state index in [0.29, 0.717) is 4.96 Å². The minimum absolute atomic E-state index is 0.0179. The van der Waals surface area contributed by atoms with Gasteiger partial charge >= 0.3 is 0 Å². The Kier molecular flexibility index (Phi) is 4.66. The average molecular weight is 413 g/mol. The van der Waals surface area contributed by atoms with E-state index in [2.05, 4.69) is 27.5 Å². The van der Waals surface area contributed by atoms with Crippen LogP contribution in [0.3, 0.4) is 0 Å². The fourth-order valence-electron chi connectivity index (χ4n) is 4.38. The first-order valence-electron chi connectivity index (χ1n) is 10.2. The van der Waals surface area contributed by atoms with Gasteiger partial charge in [0.25, 0.3) is 5.56 Å². The molecule has 2 aromatic heterocycles. The van der Waals surface area contributed by atoms with Crippen LogP contribution in [0.1, 0.15) is 50.3 Å². The Hall–Kier alpha value is -2.61. The molecule has 1 saturated carbocycles. The predicted molar refractivity (Wildman–Crippen MR) is 112 cm³/mol. The molecule has 7 nitrogen and oxygen atoms in total. The number of rotatable bonds is 5. The molecule has 152 valence electrons. The van der Waals surface area contributed by atoms with E-state index in [9.17, 15) is 4.79 Å². The lowest BCUT2D eigenvalue weighted by atomic mass is 9.69. The van der Waals surface area contributed by atoms with Crippen molar-refractivity contribution in [2.75, 3.05) is 18.7 Å². The van der Waals surface area contributed by atoms with E-state index >= 15 is 0 Å². The molecule has 0 bridgehead atoms. The maximum absolute atomic E-state index is 12.3. The number of hydrogen-bond acceptors (Lipinski definition) is 7. The first-order chi connectivity index (χ1) is 14.2. The average Bonchev–Trinajstić information content (AvgIpc) is 3.39. The standard InChI is InChI=1S/C21H24N4O3S/c1-2-15-11-18(26)25-20(23-15)29-19(24-25)22-12-21(8-4-3-5-9-21)14-6-7-16-17(10-14)28-13-27-16/h6-7,10-11H,2-5,8-9,12-13H2,1H3,(H,22,24). The lowest BCUT2D eigenvalue weighted by Crippen LogP contribution is -2.36. The normalized spacial score (nSPS) is 17.6. The second-order valence-electron chi connectivity index (χ2n) is 7.80. The molecule has 0 spiro atoms. The van der Waals surface area contributed by atoms with Gasteiger partial charge in [0.15, 0.2) is 11.5 Å². The van der Waals surface area contributed by atoms with Crippen molar-refractivity contribution in [1.82, 2.24) is 14.6 Å². The van der Waals surface area contributed by atoms with E-state index in [0.717, 1.165) is 48.1 Å². The lowest BCUT2D eigenvalue weighted by molar-refractivity contribution is 0.174. The van der Waals surface area contributed by atoms with Crippen LogP contribution in [0.15, 0.2) is 29.1 Å². The van der Waals surface area contributed by atoms with Crippen LogP contribution >= 0.6 is 11.3 Å². The smallest absolute Gasteiger partial charge is 0.275 e. The van der Waals surface area contributed by atoms with Crippen molar-refractivity contribution in [1.29, 1.82) is 0 Å². The van der Waals surface area contributed by atoms with E-state index in [-0.39, 0.29) is 17.8 Å². The van der Waals surface area contributed by atoms with Crippen molar-refractivity contribution in [3.63, 3.8) is 0 Å². The summed E-state index contributed by atoms with van der Waals surface area (Å²) in [6.07, 6.45) is 6.64. The summed E-state index contributed by atoms with van der Waals surface area (Å²) in [5, 5.41) is 8.70.